The minimum absolute atomic E-state index is 0.176. The Labute approximate surface area is 116 Å². The van der Waals surface area contributed by atoms with Crippen LogP contribution in [0.2, 0.25) is 5.02 Å². The van der Waals surface area contributed by atoms with Crippen LogP contribution in [-0.2, 0) is 0 Å². The van der Waals surface area contributed by atoms with E-state index in [1.54, 1.807) is 29.9 Å². The summed E-state index contributed by atoms with van der Waals surface area (Å²) < 4.78 is 1.68. The number of hydrogen-bond donors (Lipinski definition) is 2. The van der Waals surface area contributed by atoms with Crippen LogP contribution in [0, 0.1) is 13.8 Å². The quantitative estimate of drug-likeness (QED) is 0.826. The van der Waals surface area contributed by atoms with Crippen molar-refractivity contribution in [2.24, 2.45) is 0 Å². The van der Waals surface area contributed by atoms with Gasteiger partial charge in [0.05, 0.1) is 27.8 Å². The van der Waals surface area contributed by atoms with Crippen LogP contribution in [0.5, 0.6) is 0 Å². The Hall–Kier alpha value is -2.01. The molecule has 0 unspecified atom stereocenters. The smallest absolute Gasteiger partial charge is 0.251 e. The number of aromatic nitrogens is 2. The normalized spacial score (nSPS) is 10.5. The lowest BCUT2D eigenvalue weighted by Gasteiger charge is -2.09. The molecule has 3 N–H and O–H groups in total. The van der Waals surface area contributed by atoms with Gasteiger partial charge >= 0.3 is 0 Å². The Bertz CT molecular complexity index is 648. The van der Waals surface area contributed by atoms with Gasteiger partial charge in [-0.2, -0.15) is 5.10 Å². The number of nitrogen functional groups attached to an aromatic ring is 1. The van der Waals surface area contributed by atoms with Crippen molar-refractivity contribution in [3.63, 3.8) is 0 Å². The first-order chi connectivity index (χ1) is 8.95. The highest BCUT2D eigenvalue weighted by Crippen LogP contribution is 2.25. The van der Waals surface area contributed by atoms with E-state index in [0.29, 0.717) is 22.0 Å². The Morgan fingerprint density at radius 3 is 2.58 bits per heavy atom. The van der Waals surface area contributed by atoms with Gasteiger partial charge in [0.15, 0.2) is 0 Å². The van der Waals surface area contributed by atoms with Gasteiger partial charge in [-0.3, -0.25) is 4.79 Å². The van der Waals surface area contributed by atoms with E-state index in [-0.39, 0.29) is 5.91 Å². The second-order valence-electron chi connectivity index (χ2n) is 4.25. The van der Waals surface area contributed by atoms with Crippen LogP contribution in [0.3, 0.4) is 0 Å². The molecule has 0 spiro atoms. The molecule has 0 radical (unpaired) electrons. The Balaban J connectivity index is 2.52. The van der Waals surface area contributed by atoms with Crippen LogP contribution in [-0.4, -0.2) is 22.7 Å². The maximum absolute atomic E-state index is 11.5. The van der Waals surface area contributed by atoms with E-state index in [4.69, 9.17) is 17.3 Å². The SMILES string of the molecule is CNC(=O)c1ccc(-n2nc(C)c(Cl)c2C)c(N)c1. The molecule has 2 rings (SSSR count). The molecular weight excluding hydrogens is 264 g/mol. The second kappa shape index (κ2) is 4.93. The van der Waals surface area contributed by atoms with Crippen LogP contribution in [0.4, 0.5) is 5.69 Å². The topological polar surface area (TPSA) is 72.9 Å². The van der Waals surface area contributed by atoms with Gasteiger partial charge in [-0.15, -0.1) is 0 Å². The number of aryl methyl sites for hydroxylation is 1. The molecule has 0 saturated carbocycles. The minimum Gasteiger partial charge on any atom is -0.397 e. The van der Waals surface area contributed by atoms with Gasteiger partial charge in [0.25, 0.3) is 5.91 Å². The fourth-order valence-electron chi connectivity index (χ4n) is 1.89. The minimum atomic E-state index is -0.176. The molecule has 0 aliphatic carbocycles. The summed E-state index contributed by atoms with van der Waals surface area (Å²) in [6.07, 6.45) is 0. The summed E-state index contributed by atoms with van der Waals surface area (Å²) in [6.45, 7) is 3.70. The van der Waals surface area contributed by atoms with E-state index >= 15 is 0 Å². The maximum Gasteiger partial charge on any atom is 0.251 e. The fraction of sp³-hybridized carbons (Fsp3) is 0.231. The summed E-state index contributed by atoms with van der Waals surface area (Å²) in [5.41, 5.74) is 9.25. The van der Waals surface area contributed by atoms with Crippen molar-refractivity contribution >= 4 is 23.2 Å². The van der Waals surface area contributed by atoms with Crippen molar-refractivity contribution in [2.45, 2.75) is 13.8 Å². The molecule has 0 fully saturated rings. The first kappa shape index (κ1) is 13.4. The number of amides is 1. The summed E-state index contributed by atoms with van der Waals surface area (Å²) in [5.74, 6) is -0.176. The van der Waals surface area contributed by atoms with Crippen LogP contribution in [0.25, 0.3) is 5.69 Å². The van der Waals surface area contributed by atoms with Crippen molar-refractivity contribution in [1.82, 2.24) is 15.1 Å². The van der Waals surface area contributed by atoms with Crippen molar-refractivity contribution in [3.8, 4) is 5.69 Å². The summed E-state index contributed by atoms with van der Waals surface area (Å²) in [5, 5.41) is 7.51. The molecule has 1 amide bonds. The zero-order chi connectivity index (χ0) is 14.2. The monoisotopic (exact) mass is 278 g/mol. The number of benzene rings is 1. The molecule has 19 heavy (non-hydrogen) atoms. The highest BCUT2D eigenvalue weighted by atomic mass is 35.5. The number of carbonyl (C=O) groups excluding carboxylic acids is 1. The largest absolute Gasteiger partial charge is 0.397 e. The van der Waals surface area contributed by atoms with E-state index in [1.165, 1.54) is 0 Å². The lowest BCUT2D eigenvalue weighted by molar-refractivity contribution is 0.0963. The van der Waals surface area contributed by atoms with Gasteiger partial charge in [-0.05, 0) is 32.0 Å². The first-order valence-corrected chi connectivity index (χ1v) is 6.17. The lowest BCUT2D eigenvalue weighted by atomic mass is 10.1. The number of carbonyl (C=O) groups is 1. The van der Waals surface area contributed by atoms with E-state index in [2.05, 4.69) is 10.4 Å². The fourth-order valence-corrected chi connectivity index (χ4v) is 2.01. The number of halogens is 1. The van der Waals surface area contributed by atoms with Crippen LogP contribution in [0.15, 0.2) is 18.2 Å². The van der Waals surface area contributed by atoms with E-state index < -0.39 is 0 Å². The number of nitrogens with zero attached hydrogens (tertiary/aromatic N) is 2. The Morgan fingerprint density at radius 2 is 2.11 bits per heavy atom. The summed E-state index contributed by atoms with van der Waals surface area (Å²) in [7, 11) is 1.58. The molecule has 0 saturated heterocycles. The molecule has 0 aliphatic rings. The average Bonchev–Trinajstić information content (AvgIpc) is 2.65. The molecule has 100 valence electrons. The predicted molar refractivity (Wildman–Crippen MR) is 75.9 cm³/mol. The standard InChI is InChI=1S/C13H15ClN4O/c1-7-12(14)8(2)18(17-7)11-5-4-9(6-10(11)15)13(19)16-3/h4-6H,15H2,1-3H3,(H,16,19). The van der Waals surface area contributed by atoms with Crippen molar-refractivity contribution < 1.29 is 4.79 Å². The molecule has 2 aromatic rings. The maximum atomic E-state index is 11.5. The highest BCUT2D eigenvalue weighted by molar-refractivity contribution is 6.31. The van der Waals surface area contributed by atoms with Crippen LogP contribution in [0.1, 0.15) is 21.7 Å². The summed E-state index contributed by atoms with van der Waals surface area (Å²) >= 11 is 6.12. The Kier molecular flexibility index (Phi) is 3.48. The number of anilines is 1. The van der Waals surface area contributed by atoms with Gasteiger partial charge in [0.1, 0.15) is 0 Å². The third-order valence-corrected chi connectivity index (χ3v) is 3.49. The number of nitrogens with two attached hydrogens (primary N) is 1. The third kappa shape index (κ3) is 2.29. The van der Waals surface area contributed by atoms with Gasteiger partial charge in [0, 0.05) is 12.6 Å². The van der Waals surface area contributed by atoms with E-state index in [1.807, 2.05) is 13.8 Å². The average molecular weight is 279 g/mol. The van der Waals surface area contributed by atoms with Crippen molar-refractivity contribution in [1.29, 1.82) is 0 Å². The molecule has 1 heterocycles. The number of hydrogen-bond acceptors (Lipinski definition) is 3. The Morgan fingerprint density at radius 1 is 1.42 bits per heavy atom. The predicted octanol–water partition coefficient (Wildman–Crippen LogP) is 2.08. The number of nitrogens with one attached hydrogen (secondary N) is 1. The zero-order valence-electron chi connectivity index (χ0n) is 11.0. The van der Waals surface area contributed by atoms with Crippen LogP contribution >= 0.6 is 11.6 Å². The molecule has 1 aromatic heterocycles. The summed E-state index contributed by atoms with van der Waals surface area (Å²) in [4.78, 5) is 11.5. The lowest BCUT2D eigenvalue weighted by Crippen LogP contribution is -2.18. The molecule has 0 bridgehead atoms. The van der Waals surface area contributed by atoms with E-state index in [0.717, 1.165) is 11.4 Å². The third-order valence-electron chi connectivity index (χ3n) is 2.95. The number of rotatable bonds is 2. The van der Waals surface area contributed by atoms with Gasteiger partial charge < -0.3 is 11.1 Å². The molecular formula is C13H15ClN4O. The summed E-state index contributed by atoms with van der Waals surface area (Å²) in [6, 6.07) is 5.09. The van der Waals surface area contributed by atoms with Crippen LogP contribution < -0.4 is 11.1 Å². The molecule has 1 aromatic carbocycles. The van der Waals surface area contributed by atoms with Crippen molar-refractivity contribution in [3.05, 3.63) is 40.2 Å². The van der Waals surface area contributed by atoms with Gasteiger partial charge in [0.2, 0.25) is 0 Å². The van der Waals surface area contributed by atoms with Gasteiger partial charge in [-0.1, -0.05) is 11.6 Å². The molecule has 0 aliphatic heterocycles. The first-order valence-electron chi connectivity index (χ1n) is 5.79. The highest BCUT2D eigenvalue weighted by Gasteiger charge is 2.14. The zero-order valence-corrected chi connectivity index (χ0v) is 11.7. The van der Waals surface area contributed by atoms with Crippen molar-refractivity contribution in [2.75, 3.05) is 12.8 Å². The molecule has 6 heteroatoms. The van der Waals surface area contributed by atoms with Gasteiger partial charge in [-0.25, -0.2) is 4.68 Å². The molecule has 0 atom stereocenters. The molecule has 5 nitrogen and oxygen atoms in total. The van der Waals surface area contributed by atoms with E-state index in [9.17, 15) is 4.79 Å². The second-order valence-corrected chi connectivity index (χ2v) is 4.63.